The topological polar surface area (TPSA) is 105 Å². The smallest absolute Gasteiger partial charge is 0.253 e. The first-order valence-corrected chi connectivity index (χ1v) is 13.9. The molecular weight excluding hydrogens is 495 g/mol. The molecular formula is C31H47FN4O3. The van der Waals surface area contributed by atoms with E-state index in [2.05, 4.69) is 10.6 Å². The minimum absolute atomic E-state index is 0.0228. The van der Waals surface area contributed by atoms with Crippen LogP contribution in [0.25, 0.3) is 0 Å². The Morgan fingerprint density at radius 1 is 0.897 bits per heavy atom. The number of amides is 3. The second-order valence-corrected chi connectivity index (χ2v) is 10.4. The van der Waals surface area contributed by atoms with E-state index in [0.717, 1.165) is 18.4 Å². The van der Waals surface area contributed by atoms with Crippen molar-refractivity contribution in [1.29, 1.82) is 0 Å². The lowest BCUT2D eigenvalue weighted by atomic mass is 10.0. The van der Waals surface area contributed by atoms with Crippen LogP contribution in [0.2, 0.25) is 0 Å². The highest BCUT2D eigenvalue weighted by Gasteiger charge is 2.19. The zero-order valence-corrected chi connectivity index (χ0v) is 24.4. The number of nitrogens with zero attached hydrogens (tertiary/aromatic N) is 1. The Hall–Kier alpha value is -3.26. The van der Waals surface area contributed by atoms with E-state index in [1.807, 2.05) is 52.5 Å². The van der Waals surface area contributed by atoms with Gasteiger partial charge in [-0.05, 0) is 68.0 Å². The number of carbonyl (C=O) groups is 3. The van der Waals surface area contributed by atoms with Crippen molar-refractivity contribution in [2.45, 2.75) is 66.8 Å². The molecule has 2 aromatic carbocycles. The molecule has 2 atom stereocenters. The Morgan fingerprint density at radius 3 is 2.05 bits per heavy atom. The first kappa shape index (κ1) is 33.8. The molecule has 0 radical (unpaired) electrons. The van der Waals surface area contributed by atoms with Crippen LogP contribution >= 0.6 is 0 Å². The van der Waals surface area contributed by atoms with Gasteiger partial charge in [-0.2, -0.15) is 0 Å². The van der Waals surface area contributed by atoms with Gasteiger partial charge in [0.25, 0.3) is 11.8 Å². The van der Waals surface area contributed by atoms with Crippen molar-refractivity contribution in [2.75, 3.05) is 26.2 Å². The molecule has 0 bridgehead atoms. The number of aryl methyl sites for hydroxylation is 1. The van der Waals surface area contributed by atoms with Gasteiger partial charge in [0.1, 0.15) is 5.82 Å². The number of carbonyl (C=O) groups excluding carboxylic acids is 3. The molecule has 0 aromatic heterocycles. The van der Waals surface area contributed by atoms with Gasteiger partial charge in [0, 0.05) is 49.3 Å². The van der Waals surface area contributed by atoms with Crippen molar-refractivity contribution >= 4 is 17.7 Å². The molecule has 0 saturated heterocycles. The molecule has 7 nitrogen and oxygen atoms in total. The summed E-state index contributed by atoms with van der Waals surface area (Å²) in [5.74, 6) is -0.358. The maximum atomic E-state index is 12.8. The molecule has 39 heavy (non-hydrogen) atoms. The molecule has 3 amide bonds. The zero-order valence-electron chi connectivity index (χ0n) is 24.4. The number of nitrogens with two attached hydrogens (primary N) is 1. The molecule has 216 valence electrons. The van der Waals surface area contributed by atoms with Gasteiger partial charge in [-0.3, -0.25) is 14.4 Å². The molecule has 0 heterocycles. The van der Waals surface area contributed by atoms with Gasteiger partial charge in [0.15, 0.2) is 0 Å². The molecule has 2 unspecified atom stereocenters. The second kappa shape index (κ2) is 18.1. The van der Waals surface area contributed by atoms with Crippen molar-refractivity contribution in [3.05, 3.63) is 71.0 Å². The summed E-state index contributed by atoms with van der Waals surface area (Å²) in [7, 11) is 0. The van der Waals surface area contributed by atoms with E-state index in [-0.39, 0.29) is 42.0 Å². The Bertz CT molecular complexity index is 1020. The number of benzene rings is 2. The van der Waals surface area contributed by atoms with Gasteiger partial charge in [0.05, 0.1) is 0 Å². The summed E-state index contributed by atoms with van der Waals surface area (Å²) in [5.41, 5.74) is 8.02. The number of hydrogen-bond donors (Lipinski definition) is 3. The largest absolute Gasteiger partial charge is 0.356 e. The highest BCUT2D eigenvalue weighted by Crippen LogP contribution is 2.11. The fourth-order valence-electron chi connectivity index (χ4n) is 3.89. The Morgan fingerprint density at radius 2 is 1.51 bits per heavy atom. The van der Waals surface area contributed by atoms with E-state index in [4.69, 9.17) is 5.73 Å². The number of hydrogen-bond acceptors (Lipinski definition) is 4. The lowest BCUT2D eigenvalue weighted by molar-refractivity contribution is -0.124. The predicted molar refractivity (Wildman–Crippen MR) is 156 cm³/mol. The van der Waals surface area contributed by atoms with Gasteiger partial charge in [-0.15, -0.1) is 0 Å². The maximum Gasteiger partial charge on any atom is 0.253 e. The number of halogens is 1. The average Bonchev–Trinajstić information content (AvgIpc) is 2.90. The van der Waals surface area contributed by atoms with E-state index in [1.54, 1.807) is 30.3 Å². The summed E-state index contributed by atoms with van der Waals surface area (Å²) in [5, 5.41) is 5.72. The van der Waals surface area contributed by atoms with E-state index in [9.17, 15) is 18.8 Å². The van der Waals surface area contributed by atoms with Crippen LogP contribution in [0.15, 0.2) is 48.5 Å². The first-order valence-electron chi connectivity index (χ1n) is 13.9. The average molecular weight is 543 g/mol. The SMILES string of the molecule is CCCN(CCC)C(=O)c1cccc(C(=O)NCC(N)CC(C)C(=O)NCC(C)C)c1.Cc1cccc(F)c1. The Labute approximate surface area is 233 Å². The van der Waals surface area contributed by atoms with Crippen LogP contribution in [-0.4, -0.2) is 54.8 Å². The summed E-state index contributed by atoms with van der Waals surface area (Å²) >= 11 is 0. The summed E-state index contributed by atoms with van der Waals surface area (Å²) in [4.78, 5) is 39.3. The van der Waals surface area contributed by atoms with Crippen LogP contribution in [0.5, 0.6) is 0 Å². The molecule has 0 saturated carbocycles. The minimum atomic E-state index is -0.335. The first-order chi connectivity index (χ1) is 18.5. The third kappa shape index (κ3) is 13.4. The van der Waals surface area contributed by atoms with Crippen LogP contribution < -0.4 is 16.4 Å². The van der Waals surface area contributed by atoms with E-state index >= 15 is 0 Å². The lowest BCUT2D eigenvalue weighted by Crippen LogP contribution is -2.41. The third-order valence-corrected chi connectivity index (χ3v) is 5.94. The van der Waals surface area contributed by atoms with Gasteiger partial charge in [-0.1, -0.05) is 52.8 Å². The normalized spacial score (nSPS) is 12.1. The third-order valence-electron chi connectivity index (χ3n) is 5.94. The summed E-state index contributed by atoms with van der Waals surface area (Å²) in [6, 6.07) is 12.9. The molecule has 8 heteroatoms. The van der Waals surface area contributed by atoms with Crippen molar-refractivity contribution in [3.8, 4) is 0 Å². The van der Waals surface area contributed by atoms with Crippen molar-refractivity contribution in [3.63, 3.8) is 0 Å². The maximum absolute atomic E-state index is 12.8. The van der Waals surface area contributed by atoms with Crippen LogP contribution in [0, 0.1) is 24.6 Å². The van der Waals surface area contributed by atoms with Crippen molar-refractivity contribution < 1.29 is 18.8 Å². The van der Waals surface area contributed by atoms with E-state index in [1.165, 1.54) is 12.1 Å². The highest BCUT2D eigenvalue weighted by atomic mass is 19.1. The minimum Gasteiger partial charge on any atom is -0.356 e. The van der Waals surface area contributed by atoms with Gasteiger partial charge >= 0.3 is 0 Å². The highest BCUT2D eigenvalue weighted by molar-refractivity contribution is 5.99. The van der Waals surface area contributed by atoms with Gasteiger partial charge in [-0.25, -0.2) is 4.39 Å². The summed E-state index contributed by atoms with van der Waals surface area (Å²) < 4.78 is 12.2. The van der Waals surface area contributed by atoms with E-state index < -0.39 is 0 Å². The van der Waals surface area contributed by atoms with Crippen LogP contribution in [-0.2, 0) is 4.79 Å². The van der Waals surface area contributed by atoms with Crippen LogP contribution in [0.4, 0.5) is 4.39 Å². The van der Waals surface area contributed by atoms with Gasteiger partial charge < -0.3 is 21.3 Å². The molecule has 0 aliphatic carbocycles. The Balaban J connectivity index is 0.000000806. The van der Waals surface area contributed by atoms with Crippen LogP contribution in [0.1, 0.15) is 80.2 Å². The zero-order chi connectivity index (χ0) is 29.4. The quantitative estimate of drug-likeness (QED) is 0.334. The summed E-state index contributed by atoms with van der Waals surface area (Å²) in [6.07, 6.45) is 2.25. The standard InChI is InChI=1S/C24H40N4O3.C7H7F/c1-6-11-28(12-7-2)24(31)20-10-8-9-19(14-20)23(30)27-16-21(25)13-18(5)22(29)26-15-17(3)4;1-6-3-2-4-7(8)5-6/h8-10,14,17-18,21H,6-7,11-13,15-16,25H2,1-5H3,(H,26,29)(H,27,30);2-5H,1H3. The molecule has 0 aliphatic rings. The van der Waals surface area contributed by atoms with Crippen molar-refractivity contribution in [2.24, 2.45) is 17.6 Å². The predicted octanol–water partition coefficient (Wildman–Crippen LogP) is 4.94. The lowest BCUT2D eigenvalue weighted by Gasteiger charge is -2.21. The monoisotopic (exact) mass is 542 g/mol. The van der Waals surface area contributed by atoms with E-state index in [0.29, 0.717) is 43.1 Å². The molecule has 4 N–H and O–H groups in total. The fraction of sp³-hybridized carbons (Fsp3) is 0.516. The second-order valence-electron chi connectivity index (χ2n) is 10.4. The fourth-order valence-corrected chi connectivity index (χ4v) is 3.89. The molecule has 0 spiro atoms. The van der Waals surface area contributed by atoms with Crippen LogP contribution in [0.3, 0.4) is 0 Å². The molecule has 2 aromatic rings. The number of nitrogens with one attached hydrogen (secondary N) is 2. The molecule has 2 rings (SSSR count). The Kier molecular flexibility index (Phi) is 15.7. The molecule has 0 fully saturated rings. The molecule has 0 aliphatic heterocycles. The van der Waals surface area contributed by atoms with Gasteiger partial charge in [0.2, 0.25) is 5.91 Å². The van der Waals surface area contributed by atoms with Crippen molar-refractivity contribution in [1.82, 2.24) is 15.5 Å². The summed E-state index contributed by atoms with van der Waals surface area (Å²) in [6.45, 7) is 14.2. The number of rotatable bonds is 13.